The minimum Gasteiger partial charge on any atom is -0.497 e. The zero-order valence-corrected chi connectivity index (χ0v) is 10.9. The highest BCUT2D eigenvalue weighted by Crippen LogP contribution is 2.18. The van der Waals surface area contributed by atoms with E-state index in [1.807, 2.05) is 0 Å². The molecule has 0 aliphatic rings. The molecule has 100 valence electrons. The molecule has 0 unspecified atom stereocenters. The molecule has 0 bridgehead atoms. The number of methoxy groups -OCH3 is 1. The first-order valence-corrected chi connectivity index (χ1v) is 5.74. The summed E-state index contributed by atoms with van der Waals surface area (Å²) in [6, 6.07) is 6.72. The molecule has 19 heavy (non-hydrogen) atoms. The molecule has 1 rings (SSSR count). The Morgan fingerprint density at radius 3 is 2.53 bits per heavy atom. The molecular weight excluding hydrogens is 246 g/mol. The molecule has 0 aliphatic carbocycles. The maximum atomic E-state index is 11.7. The van der Waals surface area contributed by atoms with Gasteiger partial charge in [-0.1, -0.05) is 6.08 Å². The van der Waals surface area contributed by atoms with Crippen molar-refractivity contribution in [1.82, 2.24) is 0 Å². The maximum Gasteiger partial charge on any atom is 0.338 e. The lowest BCUT2D eigenvalue weighted by Crippen LogP contribution is -2.09. The highest BCUT2D eigenvalue weighted by molar-refractivity contribution is 5.89. The van der Waals surface area contributed by atoms with Gasteiger partial charge >= 0.3 is 5.97 Å². The summed E-state index contributed by atoms with van der Waals surface area (Å²) in [5.74, 6) is 0.712. The molecule has 0 fully saturated rings. The number of isocyanates is 1. The Kier molecular flexibility index (Phi) is 6.06. The van der Waals surface area contributed by atoms with E-state index in [0.717, 1.165) is 0 Å². The number of esters is 1. The molecule has 0 radical (unpaired) electrons. The maximum absolute atomic E-state index is 11.7. The fourth-order valence-corrected chi connectivity index (χ4v) is 1.31. The van der Waals surface area contributed by atoms with Crippen molar-refractivity contribution in [3.8, 4) is 11.5 Å². The van der Waals surface area contributed by atoms with Gasteiger partial charge in [0, 0.05) is 5.57 Å². The number of rotatable bonds is 6. The first-order valence-electron chi connectivity index (χ1n) is 5.74. The lowest BCUT2D eigenvalue weighted by atomic mass is 10.2. The molecule has 0 aromatic heterocycles. The lowest BCUT2D eigenvalue weighted by molar-refractivity contribution is -0.130. The summed E-state index contributed by atoms with van der Waals surface area (Å²) in [6.45, 7) is 1.97. The monoisotopic (exact) mass is 261 g/mol. The van der Waals surface area contributed by atoms with Gasteiger partial charge in [0.15, 0.2) is 0 Å². The molecule has 0 atom stereocenters. The summed E-state index contributed by atoms with van der Waals surface area (Å²) in [4.78, 5) is 25.0. The van der Waals surface area contributed by atoms with E-state index in [9.17, 15) is 9.59 Å². The van der Waals surface area contributed by atoms with Gasteiger partial charge in [-0.2, -0.15) is 0 Å². The van der Waals surface area contributed by atoms with Crippen LogP contribution >= 0.6 is 0 Å². The van der Waals surface area contributed by atoms with Crippen LogP contribution in [-0.2, 0) is 9.59 Å². The molecule has 5 heteroatoms. The van der Waals surface area contributed by atoms with Crippen molar-refractivity contribution in [2.24, 2.45) is 4.99 Å². The third kappa shape index (κ3) is 5.19. The van der Waals surface area contributed by atoms with Crippen molar-refractivity contribution in [2.45, 2.75) is 13.3 Å². The average molecular weight is 261 g/mol. The number of hydrogen-bond donors (Lipinski definition) is 0. The van der Waals surface area contributed by atoms with Gasteiger partial charge in [0.05, 0.1) is 13.7 Å². The Morgan fingerprint density at radius 1 is 1.32 bits per heavy atom. The van der Waals surface area contributed by atoms with E-state index in [1.54, 1.807) is 44.4 Å². The van der Waals surface area contributed by atoms with Crippen LogP contribution in [0.3, 0.4) is 0 Å². The van der Waals surface area contributed by atoms with Gasteiger partial charge in [0.1, 0.15) is 11.5 Å². The molecule has 0 spiro atoms. The third-order valence-corrected chi connectivity index (χ3v) is 2.35. The standard InChI is InChI=1S/C14H15NO4/c1-11(4-3-9-15-10-16)14(17)19-13-7-5-12(18-2)6-8-13/h4-8H,3,9H2,1-2H3. The number of hydrogen-bond acceptors (Lipinski definition) is 5. The molecule has 0 saturated carbocycles. The molecule has 0 saturated heterocycles. The van der Waals surface area contributed by atoms with Gasteiger partial charge in [-0.3, -0.25) is 0 Å². The van der Waals surface area contributed by atoms with E-state index < -0.39 is 5.97 Å². The highest BCUT2D eigenvalue weighted by Gasteiger charge is 2.07. The predicted molar refractivity (Wildman–Crippen MR) is 70.0 cm³/mol. The third-order valence-electron chi connectivity index (χ3n) is 2.35. The predicted octanol–water partition coefficient (Wildman–Crippen LogP) is 2.27. The number of carbonyl (C=O) groups excluding carboxylic acids is 2. The normalized spacial score (nSPS) is 10.5. The number of aliphatic imine (C=N–C) groups is 1. The molecule has 0 amide bonds. The molecule has 0 heterocycles. The van der Waals surface area contributed by atoms with Crippen LogP contribution in [0, 0.1) is 0 Å². The van der Waals surface area contributed by atoms with E-state index in [4.69, 9.17) is 9.47 Å². The molecular formula is C14H15NO4. The number of carbonyl (C=O) groups is 1. The Hall–Kier alpha value is -2.39. The Bertz CT molecular complexity index is 499. The Morgan fingerprint density at radius 2 is 1.95 bits per heavy atom. The largest absolute Gasteiger partial charge is 0.497 e. The van der Waals surface area contributed by atoms with Crippen molar-refractivity contribution in [3.63, 3.8) is 0 Å². The average Bonchev–Trinajstić information content (AvgIpc) is 2.44. The Labute approximate surface area is 111 Å². The summed E-state index contributed by atoms with van der Waals surface area (Å²) in [6.07, 6.45) is 3.61. The van der Waals surface area contributed by atoms with E-state index in [0.29, 0.717) is 30.0 Å². The zero-order valence-electron chi connectivity index (χ0n) is 10.9. The summed E-state index contributed by atoms with van der Waals surface area (Å²) >= 11 is 0. The zero-order chi connectivity index (χ0) is 14.1. The van der Waals surface area contributed by atoms with Crippen LogP contribution in [0.25, 0.3) is 0 Å². The fraction of sp³-hybridized carbons (Fsp3) is 0.286. The summed E-state index contributed by atoms with van der Waals surface area (Å²) < 4.78 is 10.2. The van der Waals surface area contributed by atoms with E-state index in [2.05, 4.69) is 4.99 Å². The van der Waals surface area contributed by atoms with Gasteiger partial charge in [-0.15, -0.1) is 0 Å². The van der Waals surface area contributed by atoms with Gasteiger partial charge < -0.3 is 9.47 Å². The second-order valence-corrected chi connectivity index (χ2v) is 3.71. The lowest BCUT2D eigenvalue weighted by Gasteiger charge is -2.05. The van der Waals surface area contributed by atoms with Crippen LogP contribution in [0.2, 0.25) is 0 Å². The van der Waals surface area contributed by atoms with Crippen LogP contribution in [0.1, 0.15) is 13.3 Å². The second kappa shape index (κ2) is 7.84. The van der Waals surface area contributed by atoms with E-state index >= 15 is 0 Å². The quantitative estimate of drug-likeness (QED) is 0.197. The van der Waals surface area contributed by atoms with Crippen molar-refractivity contribution in [2.75, 3.05) is 13.7 Å². The smallest absolute Gasteiger partial charge is 0.338 e. The van der Waals surface area contributed by atoms with Crippen molar-refractivity contribution in [3.05, 3.63) is 35.9 Å². The minimum atomic E-state index is -0.430. The first kappa shape index (κ1) is 14.7. The first-order chi connectivity index (χ1) is 9.17. The van der Waals surface area contributed by atoms with Gasteiger partial charge in [0.2, 0.25) is 6.08 Å². The SMILES string of the molecule is COc1ccc(OC(=O)C(C)=CCCN=C=O)cc1. The molecule has 1 aromatic rings. The highest BCUT2D eigenvalue weighted by atomic mass is 16.5. The van der Waals surface area contributed by atoms with Crippen LogP contribution in [0.15, 0.2) is 40.9 Å². The van der Waals surface area contributed by atoms with Crippen LogP contribution < -0.4 is 9.47 Å². The number of nitrogens with zero attached hydrogens (tertiary/aromatic N) is 1. The van der Waals surface area contributed by atoms with Crippen LogP contribution in [-0.4, -0.2) is 25.7 Å². The topological polar surface area (TPSA) is 65.0 Å². The van der Waals surface area contributed by atoms with Gasteiger partial charge in [0.25, 0.3) is 0 Å². The minimum absolute atomic E-state index is 0.316. The second-order valence-electron chi connectivity index (χ2n) is 3.71. The van der Waals surface area contributed by atoms with Crippen molar-refractivity contribution in [1.29, 1.82) is 0 Å². The summed E-state index contributed by atoms with van der Waals surface area (Å²) in [5.41, 5.74) is 0.469. The molecule has 0 aliphatic heterocycles. The molecule has 0 N–H and O–H groups in total. The van der Waals surface area contributed by atoms with Crippen molar-refractivity contribution >= 4 is 12.0 Å². The fourth-order valence-electron chi connectivity index (χ4n) is 1.31. The van der Waals surface area contributed by atoms with E-state index in [-0.39, 0.29) is 0 Å². The van der Waals surface area contributed by atoms with Crippen LogP contribution in [0.4, 0.5) is 0 Å². The van der Waals surface area contributed by atoms with Crippen molar-refractivity contribution < 1.29 is 19.1 Å². The summed E-state index contributed by atoms with van der Waals surface area (Å²) in [5, 5.41) is 0. The molecule has 5 nitrogen and oxygen atoms in total. The van der Waals surface area contributed by atoms with Gasteiger partial charge in [-0.05, 0) is 37.6 Å². The molecule has 1 aromatic carbocycles. The summed E-state index contributed by atoms with van der Waals surface area (Å²) in [7, 11) is 1.57. The van der Waals surface area contributed by atoms with Gasteiger partial charge in [-0.25, -0.2) is 14.6 Å². The Balaban J connectivity index is 2.55. The number of ether oxygens (including phenoxy) is 2. The van der Waals surface area contributed by atoms with E-state index in [1.165, 1.54) is 6.08 Å². The van der Waals surface area contributed by atoms with Crippen LogP contribution in [0.5, 0.6) is 11.5 Å². The number of benzene rings is 1.